The van der Waals surface area contributed by atoms with Gasteiger partial charge in [-0.15, -0.1) is 0 Å². The lowest BCUT2D eigenvalue weighted by Gasteiger charge is -2.29. The number of rotatable bonds is 6. The molecule has 3 rings (SSSR count). The van der Waals surface area contributed by atoms with E-state index in [1.54, 1.807) is 0 Å². The predicted octanol–water partition coefficient (Wildman–Crippen LogP) is 4.57. The van der Waals surface area contributed by atoms with Crippen molar-refractivity contribution in [2.75, 3.05) is 18.4 Å². The molecule has 0 spiro atoms. The minimum atomic E-state index is -0.185. The molecule has 0 aliphatic carbocycles. The van der Waals surface area contributed by atoms with E-state index in [1.807, 2.05) is 30.3 Å². The van der Waals surface area contributed by atoms with Crippen molar-refractivity contribution in [3.05, 3.63) is 66.0 Å². The smallest absolute Gasteiger partial charge is 0.198 e. The number of aliphatic imine (C=N–C) groups is 1. The van der Waals surface area contributed by atoms with Crippen LogP contribution >= 0.6 is 0 Å². The van der Waals surface area contributed by atoms with Gasteiger partial charge in [-0.1, -0.05) is 44.2 Å². The molecule has 0 fully saturated rings. The summed E-state index contributed by atoms with van der Waals surface area (Å²) in [6, 6.07) is 17.4. The number of nitrogens with zero attached hydrogens (tertiary/aromatic N) is 2. The van der Waals surface area contributed by atoms with Crippen LogP contribution in [-0.4, -0.2) is 30.0 Å². The summed E-state index contributed by atoms with van der Waals surface area (Å²) in [5.74, 6) is 1.39. The second-order valence-electron chi connectivity index (χ2n) is 7.01. The van der Waals surface area contributed by atoms with E-state index in [0.29, 0.717) is 12.0 Å². The monoisotopic (exact) mass is 339 g/mol. The predicted molar refractivity (Wildman–Crippen MR) is 102 cm³/mol. The third kappa shape index (κ3) is 4.81. The second kappa shape index (κ2) is 8.15. The maximum absolute atomic E-state index is 13.1. The van der Waals surface area contributed by atoms with E-state index in [-0.39, 0.29) is 5.82 Å². The molecule has 3 nitrogen and oxygen atoms in total. The van der Waals surface area contributed by atoms with Crippen LogP contribution in [0.3, 0.4) is 0 Å². The number of guanidine groups is 1. The van der Waals surface area contributed by atoms with E-state index in [9.17, 15) is 4.39 Å². The Labute approximate surface area is 149 Å². The van der Waals surface area contributed by atoms with Crippen LogP contribution < -0.4 is 5.32 Å². The van der Waals surface area contributed by atoms with Gasteiger partial charge in [0.05, 0.1) is 12.6 Å². The van der Waals surface area contributed by atoms with Crippen LogP contribution in [0.1, 0.15) is 25.8 Å². The fraction of sp³-hybridized carbons (Fsp3) is 0.381. The molecule has 0 bridgehead atoms. The summed E-state index contributed by atoms with van der Waals surface area (Å²) in [4.78, 5) is 7.12. The first-order valence-corrected chi connectivity index (χ1v) is 8.99. The Hall–Kier alpha value is -2.36. The van der Waals surface area contributed by atoms with Gasteiger partial charge < -0.3 is 10.2 Å². The summed E-state index contributed by atoms with van der Waals surface area (Å²) in [6.07, 6.45) is 2.00. The number of benzene rings is 2. The van der Waals surface area contributed by atoms with Crippen molar-refractivity contribution in [1.82, 2.24) is 4.90 Å². The van der Waals surface area contributed by atoms with Gasteiger partial charge in [0.25, 0.3) is 0 Å². The highest BCUT2D eigenvalue weighted by Gasteiger charge is 2.28. The molecule has 1 aliphatic heterocycles. The first-order chi connectivity index (χ1) is 12.1. The molecule has 0 saturated carbocycles. The Morgan fingerprint density at radius 3 is 2.52 bits per heavy atom. The molecule has 2 aromatic carbocycles. The van der Waals surface area contributed by atoms with Crippen LogP contribution in [0.25, 0.3) is 0 Å². The van der Waals surface area contributed by atoms with E-state index in [4.69, 9.17) is 4.99 Å². The number of hydrogen-bond donors (Lipinski definition) is 1. The van der Waals surface area contributed by atoms with E-state index >= 15 is 0 Å². The first-order valence-electron chi connectivity index (χ1n) is 8.99. The minimum Gasteiger partial charge on any atom is -0.338 e. The maximum atomic E-state index is 13.1. The SMILES string of the molecule is CC(C)C[C@H]1CN=C(Nc2ccccc2)N1CCc1ccc(F)cc1. The van der Waals surface area contributed by atoms with Gasteiger partial charge >= 0.3 is 0 Å². The van der Waals surface area contributed by atoms with Crippen LogP contribution in [-0.2, 0) is 6.42 Å². The van der Waals surface area contributed by atoms with Crippen LogP contribution in [0.4, 0.5) is 10.1 Å². The van der Waals surface area contributed by atoms with E-state index in [2.05, 4.69) is 36.2 Å². The summed E-state index contributed by atoms with van der Waals surface area (Å²) in [5, 5.41) is 3.46. The van der Waals surface area contributed by atoms with E-state index < -0.39 is 0 Å². The standard InChI is InChI=1S/C21H26FN3/c1-16(2)14-20-15-23-21(24-19-6-4-3-5-7-19)25(20)13-12-17-8-10-18(22)11-9-17/h3-11,16,20H,12-15H2,1-2H3,(H,23,24)/t20-/m0/s1. The maximum Gasteiger partial charge on any atom is 0.198 e. The summed E-state index contributed by atoms with van der Waals surface area (Å²) in [5.41, 5.74) is 2.20. The molecule has 4 heteroatoms. The molecule has 0 unspecified atom stereocenters. The first kappa shape index (κ1) is 17.5. The normalized spacial score (nSPS) is 17.0. The molecule has 2 aromatic rings. The fourth-order valence-electron chi connectivity index (χ4n) is 3.25. The highest BCUT2D eigenvalue weighted by molar-refractivity contribution is 5.95. The molecule has 0 saturated heterocycles. The third-order valence-electron chi connectivity index (χ3n) is 4.49. The van der Waals surface area contributed by atoms with Gasteiger partial charge in [-0.25, -0.2) is 4.39 Å². The lowest BCUT2D eigenvalue weighted by Crippen LogP contribution is -2.42. The quantitative estimate of drug-likeness (QED) is 0.835. The Morgan fingerprint density at radius 1 is 1.12 bits per heavy atom. The number of hydrogen-bond acceptors (Lipinski definition) is 3. The zero-order valence-electron chi connectivity index (χ0n) is 15.0. The number of halogens is 1. The van der Waals surface area contributed by atoms with Crippen LogP contribution in [0.5, 0.6) is 0 Å². The summed E-state index contributed by atoms with van der Waals surface area (Å²) >= 11 is 0. The Kier molecular flexibility index (Phi) is 5.69. The third-order valence-corrected chi connectivity index (χ3v) is 4.49. The highest BCUT2D eigenvalue weighted by atomic mass is 19.1. The van der Waals surface area contributed by atoms with Crippen molar-refractivity contribution in [2.24, 2.45) is 10.9 Å². The van der Waals surface area contributed by atoms with Crippen molar-refractivity contribution in [2.45, 2.75) is 32.7 Å². The van der Waals surface area contributed by atoms with Gasteiger partial charge in [-0.05, 0) is 48.6 Å². The zero-order chi connectivity index (χ0) is 17.6. The fourth-order valence-corrected chi connectivity index (χ4v) is 3.25. The molecule has 1 atom stereocenters. The zero-order valence-corrected chi connectivity index (χ0v) is 15.0. The summed E-state index contributed by atoms with van der Waals surface area (Å²) in [6.45, 7) is 6.21. The summed E-state index contributed by atoms with van der Waals surface area (Å²) in [7, 11) is 0. The Morgan fingerprint density at radius 2 is 1.84 bits per heavy atom. The lowest BCUT2D eigenvalue weighted by molar-refractivity contribution is 0.300. The lowest BCUT2D eigenvalue weighted by atomic mass is 10.0. The molecule has 132 valence electrons. The average Bonchev–Trinajstić information content (AvgIpc) is 2.96. The van der Waals surface area contributed by atoms with E-state index in [1.165, 1.54) is 12.1 Å². The molecule has 25 heavy (non-hydrogen) atoms. The molecule has 1 N–H and O–H groups in total. The summed E-state index contributed by atoms with van der Waals surface area (Å²) < 4.78 is 13.1. The number of nitrogens with one attached hydrogen (secondary N) is 1. The minimum absolute atomic E-state index is 0.185. The Bertz CT molecular complexity index is 695. The molecule has 1 aliphatic rings. The van der Waals surface area contributed by atoms with Crippen molar-refractivity contribution in [3.8, 4) is 0 Å². The van der Waals surface area contributed by atoms with Crippen LogP contribution in [0.15, 0.2) is 59.6 Å². The average molecular weight is 339 g/mol. The highest BCUT2D eigenvalue weighted by Crippen LogP contribution is 2.20. The van der Waals surface area contributed by atoms with Crippen molar-refractivity contribution < 1.29 is 4.39 Å². The number of anilines is 1. The molecular weight excluding hydrogens is 313 g/mol. The Balaban J connectivity index is 1.69. The number of para-hydroxylation sites is 1. The van der Waals surface area contributed by atoms with Gasteiger partial charge in [-0.2, -0.15) is 0 Å². The van der Waals surface area contributed by atoms with Crippen molar-refractivity contribution in [1.29, 1.82) is 0 Å². The van der Waals surface area contributed by atoms with Gasteiger partial charge in [-0.3, -0.25) is 4.99 Å². The van der Waals surface area contributed by atoms with Gasteiger partial charge in [0, 0.05) is 12.2 Å². The van der Waals surface area contributed by atoms with E-state index in [0.717, 1.165) is 43.1 Å². The van der Waals surface area contributed by atoms with Gasteiger partial charge in [0.1, 0.15) is 5.82 Å². The van der Waals surface area contributed by atoms with Gasteiger partial charge in [0.15, 0.2) is 5.96 Å². The molecular formula is C21H26FN3. The van der Waals surface area contributed by atoms with Gasteiger partial charge in [0.2, 0.25) is 0 Å². The van der Waals surface area contributed by atoms with Crippen molar-refractivity contribution >= 4 is 11.6 Å². The molecule has 0 amide bonds. The van der Waals surface area contributed by atoms with Crippen LogP contribution in [0, 0.1) is 11.7 Å². The topological polar surface area (TPSA) is 27.6 Å². The molecule has 1 heterocycles. The van der Waals surface area contributed by atoms with Crippen LogP contribution in [0.2, 0.25) is 0 Å². The molecule has 0 radical (unpaired) electrons. The van der Waals surface area contributed by atoms with Crippen molar-refractivity contribution in [3.63, 3.8) is 0 Å². The second-order valence-corrected chi connectivity index (χ2v) is 7.01. The molecule has 0 aromatic heterocycles. The largest absolute Gasteiger partial charge is 0.338 e.